The van der Waals surface area contributed by atoms with Gasteiger partial charge in [-0.05, 0) is 5.92 Å². The molecule has 0 aromatic rings. The van der Waals surface area contributed by atoms with Crippen LogP contribution in [-0.2, 0) is 34.9 Å². The molecule has 0 fully saturated rings. The summed E-state index contributed by atoms with van der Waals surface area (Å²) >= 11 is 9.43. The Morgan fingerprint density at radius 2 is 1.80 bits per heavy atom. The third kappa shape index (κ3) is 5.53. The molecule has 1 nitrogen and oxygen atoms in total. The van der Waals surface area contributed by atoms with Crippen molar-refractivity contribution in [2.24, 2.45) is 5.92 Å². The molecule has 0 aliphatic rings. The fraction of sp³-hybridized carbons (Fsp3) is 1.00. The van der Waals surface area contributed by atoms with Crippen LogP contribution in [0.5, 0.6) is 0 Å². The Hall–Kier alpha value is 0.750. The molecule has 0 rings (SSSR count). The Bertz CT molecular complexity index is 130. The van der Waals surface area contributed by atoms with Crippen molar-refractivity contribution < 1.29 is 4.18 Å². The maximum Gasteiger partial charge on any atom is 0.0261 e. The van der Waals surface area contributed by atoms with Crippen molar-refractivity contribution >= 4 is 30.7 Å². The van der Waals surface area contributed by atoms with Crippen molar-refractivity contribution in [1.82, 2.24) is 0 Å². The molecule has 0 saturated carbocycles. The van der Waals surface area contributed by atoms with Gasteiger partial charge in [0.25, 0.3) is 0 Å². The van der Waals surface area contributed by atoms with Crippen LogP contribution in [0.2, 0.25) is 0 Å². The van der Waals surface area contributed by atoms with E-state index in [1.807, 2.05) is 0 Å². The van der Waals surface area contributed by atoms with Crippen LogP contribution in [0.4, 0.5) is 0 Å². The van der Waals surface area contributed by atoms with E-state index in [1.54, 1.807) is 0 Å². The molecule has 10 heavy (non-hydrogen) atoms. The lowest BCUT2D eigenvalue weighted by Crippen LogP contribution is -2.05. The van der Waals surface area contributed by atoms with Crippen molar-refractivity contribution in [3.8, 4) is 0 Å². The molecule has 4 heteroatoms. The maximum atomic E-state index is 5.14. The minimum atomic E-state index is -0.673. The predicted molar refractivity (Wildman–Crippen MR) is 52.1 cm³/mol. The van der Waals surface area contributed by atoms with Crippen LogP contribution >= 0.6 is 0 Å². The van der Waals surface area contributed by atoms with E-state index in [-0.39, 0.29) is 0 Å². The lowest BCUT2D eigenvalue weighted by atomic mass is 10.1. The van der Waals surface area contributed by atoms with Gasteiger partial charge in [0.15, 0.2) is 0 Å². The highest BCUT2D eigenvalue weighted by molar-refractivity contribution is 8.44. The Labute approximate surface area is 74.2 Å². The summed E-state index contributed by atoms with van der Waals surface area (Å²) in [7, 11) is -0.673. The summed E-state index contributed by atoms with van der Waals surface area (Å²) in [5.41, 5.74) is 0. The third-order valence-electron chi connectivity index (χ3n) is 1.55. The molecule has 0 aliphatic carbocycles. The summed E-state index contributed by atoms with van der Waals surface area (Å²) < 4.78 is 5.14. The third-order valence-corrected chi connectivity index (χ3v) is 2.46. The second-order valence-corrected chi connectivity index (χ2v) is 5.26. The summed E-state index contributed by atoms with van der Waals surface area (Å²) in [6.07, 6.45) is 2.30. The molecule has 0 saturated heterocycles. The molecule has 0 bridgehead atoms. The summed E-state index contributed by atoms with van der Waals surface area (Å²) in [5, 5.41) is 0. The second-order valence-electron chi connectivity index (χ2n) is 2.17. The van der Waals surface area contributed by atoms with Gasteiger partial charge in [-0.3, -0.25) is 0 Å². The fourth-order valence-corrected chi connectivity index (χ4v) is 1.31. The van der Waals surface area contributed by atoms with Crippen LogP contribution in [0.3, 0.4) is 0 Å². The average Bonchev–Trinajstić information content (AvgIpc) is 1.90. The molecule has 0 heterocycles. The highest BCUT2D eigenvalue weighted by Gasteiger charge is 1.98. The predicted octanol–water partition coefficient (Wildman–Crippen LogP) is 1.90. The monoisotopic (exact) mass is 197 g/mol. The highest BCUT2D eigenvalue weighted by atomic mass is 33.1. The minimum Gasteiger partial charge on any atom is -0.466 e. The van der Waals surface area contributed by atoms with E-state index >= 15 is 0 Å². The molecule has 0 unspecified atom stereocenters. The van der Waals surface area contributed by atoms with Gasteiger partial charge in [0.1, 0.15) is 0 Å². The van der Waals surface area contributed by atoms with Crippen LogP contribution in [0, 0.1) is 5.92 Å². The van der Waals surface area contributed by atoms with Crippen molar-refractivity contribution in [2.45, 2.75) is 26.7 Å². The quantitative estimate of drug-likeness (QED) is 0.623. The first kappa shape index (κ1) is 10.8. The van der Waals surface area contributed by atoms with Gasteiger partial charge >= 0.3 is 0 Å². The summed E-state index contributed by atoms with van der Waals surface area (Å²) in [5.74, 6) is 0.640. The smallest absolute Gasteiger partial charge is 0.0261 e. The Morgan fingerprint density at radius 1 is 1.30 bits per heavy atom. The topological polar surface area (TPSA) is 9.23 Å². The number of hydrogen-bond donors (Lipinski definition) is 0. The molecule has 0 radical (unpaired) electrons. The SMILES string of the molecule is CCC(CC)CO[S-](=S)=S. The lowest BCUT2D eigenvalue weighted by Gasteiger charge is -2.14. The van der Waals surface area contributed by atoms with Gasteiger partial charge in [0.05, 0.1) is 0 Å². The molecule has 0 atom stereocenters. The minimum absolute atomic E-state index is 0.640. The molecule has 0 aromatic carbocycles. The standard InChI is InChI=1S/C6H13OS3/c1-3-6(4-2)5-7-10(8)9/h6H,3-5H2,1-2H3/q-1. The number of hydrogen-bond acceptors (Lipinski definition) is 4. The molecule has 0 aliphatic heterocycles. The molecule has 0 amide bonds. The molecule has 0 N–H and O–H groups in total. The fourth-order valence-electron chi connectivity index (χ4n) is 0.676. The highest BCUT2D eigenvalue weighted by Crippen LogP contribution is 2.07. The van der Waals surface area contributed by atoms with Gasteiger partial charge in [0.2, 0.25) is 0 Å². The summed E-state index contributed by atoms with van der Waals surface area (Å²) in [6.45, 7) is 5.05. The first-order chi connectivity index (χ1) is 4.70. The van der Waals surface area contributed by atoms with E-state index in [0.29, 0.717) is 5.92 Å². The van der Waals surface area contributed by atoms with Crippen LogP contribution in [-0.4, -0.2) is 6.61 Å². The van der Waals surface area contributed by atoms with E-state index in [0.717, 1.165) is 19.4 Å². The largest absolute Gasteiger partial charge is 0.466 e. The van der Waals surface area contributed by atoms with E-state index < -0.39 is 8.29 Å². The molecule has 0 aromatic heterocycles. The van der Waals surface area contributed by atoms with Crippen molar-refractivity contribution in [1.29, 1.82) is 0 Å². The van der Waals surface area contributed by atoms with Crippen LogP contribution in [0.1, 0.15) is 26.7 Å². The summed E-state index contributed by atoms with van der Waals surface area (Å²) in [4.78, 5) is 0. The second kappa shape index (κ2) is 6.46. The zero-order valence-electron chi connectivity index (χ0n) is 6.33. The van der Waals surface area contributed by atoms with Gasteiger partial charge < -0.3 is 4.18 Å². The van der Waals surface area contributed by atoms with Gasteiger partial charge in [-0.2, -0.15) is 0 Å². The van der Waals surface area contributed by atoms with Crippen LogP contribution in [0.25, 0.3) is 0 Å². The number of rotatable bonds is 5. The Kier molecular flexibility index (Phi) is 6.94. The van der Waals surface area contributed by atoms with Crippen molar-refractivity contribution in [2.75, 3.05) is 6.61 Å². The summed E-state index contributed by atoms with van der Waals surface area (Å²) in [6, 6.07) is 0. The van der Waals surface area contributed by atoms with Crippen molar-refractivity contribution in [3.63, 3.8) is 0 Å². The average molecular weight is 197 g/mol. The molecule has 62 valence electrons. The van der Waals surface area contributed by atoms with Gasteiger partial charge in [-0.25, -0.2) is 30.7 Å². The first-order valence-electron chi connectivity index (χ1n) is 3.43. The van der Waals surface area contributed by atoms with Crippen LogP contribution < -0.4 is 0 Å². The van der Waals surface area contributed by atoms with Crippen molar-refractivity contribution in [3.05, 3.63) is 0 Å². The van der Waals surface area contributed by atoms with Crippen LogP contribution in [0.15, 0.2) is 0 Å². The Morgan fingerprint density at radius 3 is 2.10 bits per heavy atom. The lowest BCUT2D eigenvalue weighted by molar-refractivity contribution is 0.278. The Balaban J connectivity index is 3.44. The van der Waals surface area contributed by atoms with E-state index in [2.05, 4.69) is 13.8 Å². The van der Waals surface area contributed by atoms with Gasteiger partial charge in [-0.15, -0.1) is 0 Å². The normalized spacial score (nSPS) is 11.2. The molecular formula is C6H13OS3-. The molecular weight excluding hydrogens is 184 g/mol. The van der Waals surface area contributed by atoms with Gasteiger partial charge in [0, 0.05) is 6.61 Å². The van der Waals surface area contributed by atoms with E-state index in [1.165, 1.54) is 0 Å². The van der Waals surface area contributed by atoms with Gasteiger partial charge in [-0.1, -0.05) is 26.7 Å². The maximum absolute atomic E-state index is 5.14. The van der Waals surface area contributed by atoms with E-state index in [4.69, 9.17) is 26.6 Å². The zero-order valence-corrected chi connectivity index (χ0v) is 8.78. The zero-order chi connectivity index (χ0) is 7.98. The van der Waals surface area contributed by atoms with E-state index in [9.17, 15) is 0 Å². The molecule has 0 spiro atoms. The first-order valence-corrected chi connectivity index (χ1v) is 6.43.